The molecule has 0 spiro atoms. The number of hydrogen-bond acceptors (Lipinski definition) is 6. The first-order valence-electron chi connectivity index (χ1n) is 9.32. The number of nitro benzene ring substituents is 1. The van der Waals surface area contributed by atoms with Gasteiger partial charge in [0.05, 0.1) is 23.3 Å². The first-order chi connectivity index (χ1) is 14.5. The van der Waals surface area contributed by atoms with E-state index in [0.717, 1.165) is 0 Å². The maximum Gasteiger partial charge on any atom is 0.292 e. The molecule has 30 heavy (non-hydrogen) atoms. The Morgan fingerprint density at radius 3 is 2.63 bits per heavy atom. The van der Waals surface area contributed by atoms with E-state index >= 15 is 0 Å². The SMILES string of the molecule is CNc1ccc([C@H]2Nc3ccccc3C(=O)N2c2cccc(OC)c2)cc1[N+](=O)[O-]. The molecule has 0 saturated carbocycles. The van der Waals surface area contributed by atoms with E-state index in [4.69, 9.17) is 4.74 Å². The van der Waals surface area contributed by atoms with E-state index in [1.807, 2.05) is 12.1 Å². The van der Waals surface area contributed by atoms with Crippen LogP contribution in [0.3, 0.4) is 0 Å². The van der Waals surface area contributed by atoms with Crippen LogP contribution in [0.25, 0.3) is 0 Å². The smallest absolute Gasteiger partial charge is 0.292 e. The summed E-state index contributed by atoms with van der Waals surface area (Å²) in [4.78, 5) is 26.1. The maximum absolute atomic E-state index is 13.4. The zero-order valence-electron chi connectivity index (χ0n) is 16.5. The van der Waals surface area contributed by atoms with Gasteiger partial charge in [0.25, 0.3) is 11.6 Å². The van der Waals surface area contributed by atoms with Crippen molar-refractivity contribution in [3.05, 3.63) is 88.0 Å². The Balaban J connectivity index is 1.88. The molecule has 1 heterocycles. The van der Waals surface area contributed by atoms with Crippen molar-refractivity contribution in [2.24, 2.45) is 0 Å². The number of carbonyl (C=O) groups is 1. The first kappa shape index (κ1) is 19.3. The van der Waals surface area contributed by atoms with Gasteiger partial charge in [0.2, 0.25) is 0 Å². The van der Waals surface area contributed by atoms with E-state index in [-0.39, 0.29) is 11.6 Å². The van der Waals surface area contributed by atoms with Crippen molar-refractivity contribution in [3.63, 3.8) is 0 Å². The third-order valence-corrected chi connectivity index (χ3v) is 5.06. The van der Waals surface area contributed by atoms with Crippen LogP contribution >= 0.6 is 0 Å². The Kier molecular flexibility index (Phi) is 4.97. The fourth-order valence-electron chi connectivity index (χ4n) is 3.59. The number of carbonyl (C=O) groups excluding carboxylic acids is 1. The number of hydrogen-bond donors (Lipinski definition) is 2. The Bertz CT molecular complexity index is 1130. The quantitative estimate of drug-likeness (QED) is 0.483. The summed E-state index contributed by atoms with van der Waals surface area (Å²) in [5, 5.41) is 17.7. The van der Waals surface area contributed by atoms with Crippen molar-refractivity contribution in [3.8, 4) is 5.75 Å². The lowest BCUT2D eigenvalue weighted by Crippen LogP contribution is -2.43. The van der Waals surface area contributed by atoms with Gasteiger partial charge in [-0.1, -0.05) is 24.3 Å². The largest absolute Gasteiger partial charge is 0.497 e. The lowest BCUT2D eigenvalue weighted by Gasteiger charge is -2.38. The average Bonchev–Trinajstić information content (AvgIpc) is 2.78. The standard InChI is InChI=1S/C22H20N4O4/c1-23-19-11-10-14(12-20(19)26(28)29)21-24-18-9-4-3-8-17(18)22(27)25(21)15-6-5-7-16(13-15)30-2/h3-13,21,23-24H,1-2H3/t21-/m0/s1. The predicted octanol–water partition coefficient (Wildman–Crippen LogP) is 4.42. The number of nitrogens with zero attached hydrogens (tertiary/aromatic N) is 2. The third-order valence-electron chi connectivity index (χ3n) is 5.06. The fraction of sp³-hybridized carbons (Fsp3) is 0.136. The Labute approximate surface area is 173 Å². The number of rotatable bonds is 5. The predicted molar refractivity (Wildman–Crippen MR) is 115 cm³/mol. The average molecular weight is 404 g/mol. The molecule has 4 rings (SSSR count). The van der Waals surface area contributed by atoms with Crippen molar-refractivity contribution in [1.82, 2.24) is 0 Å². The second-order valence-corrected chi connectivity index (χ2v) is 6.75. The van der Waals surface area contributed by atoms with E-state index in [1.165, 1.54) is 6.07 Å². The Morgan fingerprint density at radius 2 is 1.90 bits per heavy atom. The van der Waals surface area contributed by atoms with Crippen LogP contribution in [0, 0.1) is 10.1 Å². The van der Waals surface area contributed by atoms with Gasteiger partial charge >= 0.3 is 0 Å². The molecular formula is C22H20N4O4. The van der Waals surface area contributed by atoms with Gasteiger partial charge in [0.15, 0.2) is 0 Å². The number of anilines is 3. The van der Waals surface area contributed by atoms with E-state index in [0.29, 0.717) is 33.9 Å². The zero-order valence-corrected chi connectivity index (χ0v) is 16.5. The van der Waals surface area contributed by atoms with Gasteiger partial charge < -0.3 is 15.4 Å². The minimum Gasteiger partial charge on any atom is -0.497 e. The molecule has 0 aromatic heterocycles. The number of para-hydroxylation sites is 1. The van der Waals surface area contributed by atoms with Crippen LogP contribution in [0.1, 0.15) is 22.1 Å². The van der Waals surface area contributed by atoms with Gasteiger partial charge in [-0.25, -0.2) is 0 Å². The van der Waals surface area contributed by atoms with E-state index in [9.17, 15) is 14.9 Å². The molecule has 1 aliphatic rings. The monoisotopic (exact) mass is 404 g/mol. The van der Waals surface area contributed by atoms with Gasteiger partial charge in [0, 0.05) is 30.4 Å². The molecule has 152 valence electrons. The molecule has 0 radical (unpaired) electrons. The summed E-state index contributed by atoms with van der Waals surface area (Å²) < 4.78 is 5.32. The molecule has 0 saturated heterocycles. The number of amides is 1. The summed E-state index contributed by atoms with van der Waals surface area (Å²) in [6.07, 6.45) is -0.635. The molecular weight excluding hydrogens is 384 g/mol. The van der Waals surface area contributed by atoms with Crippen molar-refractivity contribution >= 4 is 28.7 Å². The molecule has 1 atom stereocenters. The molecule has 0 aliphatic carbocycles. The van der Waals surface area contributed by atoms with Crippen LogP contribution in [-0.2, 0) is 0 Å². The Hall–Kier alpha value is -4.07. The van der Waals surface area contributed by atoms with Gasteiger partial charge in [0.1, 0.15) is 17.6 Å². The number of methoxy groups -OCH3 is 1. The van der Waals surface area contributed by atoms with Crippen LogP contribution in [0.5, 0.6) is 5.75 Å². The summed E-state index contributed by atoms with van der Waals surface area (Å²) in [6, 6.07) is 19.3. The normalized spacial score (nSPS) is 15.2. The lowest BCUT2D eigenvalue weighted by molar-refractivity contribution is -0.384. The highest BCUT2D eigenvalue weighted by Gasteiger charge is 2.35. The minimum absolute atomic E-state index is 0.0614. The number of benzene rings is 3. The second-order valence-electron chi connectivity index (χ2n) is 6.75. The second kappa shape index (κ2) is 7.75. The molecule has 1 aliphatic heterocycles. The van der Waals surface area contributed by atoms with E-state index in [1.54, 1.807) is 67.6 Å². The van der Waals surface area contributed by atoms with Crippen LogP contribution in [0.4, 0.5) is 22.7 Å². The number of nitrogens with one attached hydrogen (secondary N) is 2. The first-order valence-corrected chi connectivity index (χ1v) is 9.32. The summed E-state index contributed by atoms with van der Waals surface area (Å²) >= 11 is 0. The summed E-state index contributed by atoms with van der Waals surface area (Å²) in [7, 11) is 3.19. The van der Waals surface area contributed by atoms with Gasteiger partial charge in [-0.15, -0.1) is 0 Å². The van der Waals surface area contributed by atoms with E-state index < -0.39 is 11.1 Å². The van der Waals surface area contributed by atoms with Crippen molar-refractivity contribution < 1.29 is 14.5 Å². The molecule has 0 unspecified atom stereocenters. The highest BCUT2D eigenvalue weighted by molar-refractivity contribution is 6.12. The summed E-state index contributed by atoms with van der Waals surface area (Å²) in [6.45, 7) is 0. The molecule has 8 nitrogen and oxygen atoms in total. The van der Waals surface area contributed by atoms with Crippen LogP contribution < -0.4 is 20.3 Å². The highest BCUT2D eigenvalue weighted by Crippen LogP contribution is 2.39. The van der Waals surface area contributed by atoms with Crippen LogP contribution in [0.2, 0.25) is 0 Å². The van der Waals surface area contributed by atoms with E-state index in [2.05, 4.69) is 10.6 Å². The highest BCUT2D eigenvalue weighted by atomic mass is 16.6. The van der Waals surface area contributed by atoms with Gasteiger partial charge in [-0.3, -0.25) is 19.8 Å². The van der Waals surface area contributed by atoms with Gasteiger partial charge in [-0.2, -0.15) is 0 Å². The van der Waals surface area contributed by atoms with Crippen LogP contribution in [0.15, 0.2) is 66.7 Å². The summed E-state index contributed by atoms with van der Waals surface area (Å²) in [5.41, 5.74) is 2.75. The van der Waals surface area contributed by atoms with Crippen molar-refractivity contribution in [1.29, 1.82) is 0 Å². The van der Waals surface area contributed by atoms with Crippen molar-refractivity contribution in [2.75, 3.05) is 29.7 Å². The minimum atomic E-state index is -0.635. The molecule has 3 aromatic rings. The summed E-state index contributed by atoms with van der Waals surface area (Å²) in [5.74, 6) is 0.400. The van der Waals surface area contributed by atoms with Crippen molar-refractivity contribution in [2.45, 2.75) is 6.17 Å². The molecule has 3 aromatic carbocycles. The molecule has 8 heteroatoms. The number of ether oxygens (including phenoxy) is 1. The number of nitro groups is 1. The fourth-order valence-corrected chi connectivity index (χ4v) is 3.59. The Morgan fingerprint density at radius 1 is 1.10 bits per heavy atom. The topological polar surface area (TPSA) is 96.7 Å². The maximum atomic E-state index is 13.4. The zero-order chi connectivity index (χ0) is 21.3. The molecule has 2 N–H and O–H groups in total. The molecule has 0 fully saturated rings. The molecule has 0 bridgehead atoms. The van der Waals surface area contributed by atoms with Gasteiger partial charge in [-0.05, 0) is 30.3 Å². The number of fused-ring (bicyclic) bond motifs is 1. The third kappa shape index (κ3) is 3.28. The molecule has 1 amide bonds. The van der Waals surface area contributed by atoms with Crippen LogP contribution in [-0.4, -0.2) is 25.0 Å². The lowest BCUT2D eigenvalue weighted by atomic mass is 10.0.